The van der Waals surface area contributed by atoms with Crippen LogP contribution < -0.4 is 0 Å². The van der Waals surface area contributed by atoms with E-state index in [4.69, 9.17) is 0 Å². The number of rotatable bonds is 1. The minimum Gasteiger partial charge on any atom is -0.290 e. The molecule has 3 heteroatoms. The molecule has 0 unspecified atom stereocenters. The molecule has 0 saturated heterocycles. The van der Waals surface area contributed by atoms with E-state index in [9.17, 15) is 5.11 Å². The van der Waals surface area contributed by atoms with E-state index >= 15 is 0 Å². The first-order valence-electron chi connectivity index (χ1n) is 2.38. The maximum Gasteiger partial charge on any atom is 0.178 e. The fourth-order valence-electron chi connectivity index (χ4n) is 0.491. The predicted octanol–water partition coefficient (Wildman–Crippen LogP) is 3.23. The summed E-state index contributed by atoms with van der Waals surface area (Å²) in [4.78, 5) is 1.05. The first-order valence-corrected chi connectivity index (χ1v) is 5.04. The first kappa shape index (κ1) is 6.96. The van der Waals surface area contributed by atoms with Crippen molar-refractivity contribution < 1.29 is 5.11 Å². The van der Waals surface area contributed by atoms with Crippen LogP contribution in [0.4, 0.5) is 0 Å². The van der Waals surface area contributed by atoms with Crippen LogP contribution in [0, 0.1) is 0 Å². The second kappa shape index (κ2) is 3.13. The summed E-state index contributed by atoms with van der Waals surface area (Å²) in [5.74, 6) is 0.0558. The molecule has 0 aliphatic rings. The summed E-state index contributed by atoms with van der Waals surface area (Å²) in [5, 5.41) is 10.5. The molecule has 47 valence electrons. The van der Waals surface area contributed by atoms with E-state index in [1.54, 1.807) is 24.3 Å². The first-order chi connectivity index (χ1) is 4.33. The molecule has 0 N–H and O–H groups in total. The topological polar surface area (TPSA) is 19.9 Å². The van der Waals surface area contributed by atoms with E-state index < -0.39 is 0 Å². The molecule has 0 saturated carbocycles. The number of halogens is 1. The molecule has 0 aliphatic heterocycles. The van der Waals surface area contributed by atoms with Crippen molar-refractivity contribution in [2.24, 2.45) is 0 Å². The van der Waals surface area contributed by atoms with Crippen LogP contribution in [-0.2, 0) is 5.11 Å². The summed E-state index contributed by atoms with van der Waals surface area (Å²) in [6.07, 6.45) is 0. The van der Waals surface area contributed by atoms with Gasteiger partial charge in [0.25, 0.3) is 0 Å². The third-order valence-corrected chi connectivity index (χ3v) is 2.48. The van der Waals surface area contributed by atoms with Crippen molar-refractivity contribution in [2.75, 3.05) is 0 Å². The van der Waals surface area contributed by atoms with Crippen LogP contribution >= 0.6 is 25.0 Å². The minimum atomic E-state index is 0.0558. The molecular weight excluding hydrogens is 200 g/mol. The van der Waals surface area contributed by atoms with Crippen LogP contribution in [0.25, 0.3) is 0 Å². The largest absolute Gasteiger partial charge is 0.290 e. The molecule has 9 heavy (non-hydrogen) atoms. The van der Waals surface area contributed by atoms with E-state index in [0.29, 0.717) is 0 Å². The second-order valence-corrected chi connectivity index (χ2v) is 3.15. The van der Waals surface area contributed by atoms with Gasteiger partial charge in [0.05, 0.1) is 0 Å². The highest BCUT2D eigenvalue weighted by Gasteiger charge is 1.90. The Hall–Kier alpha value is -0.150. The van der Waals surface area contributed by atoms with Crippen molar-refractivity contribution in [1.29, 1.82) is 0 Å². The summed E-state index contributed by atoms with van der Waals surface area (Å²) in [5.41, 5.74) is 0. The Kier molecular flexibility index (Phi) is 2.42. The van der Waals surface area contributed by atoms with Gasteiger partial charge in [-0.05, 0) is 49.3 Å². The molecule has 0 bridgehead atoms. The lowest BCUT2D eigenvalue weighted by molar-refractivity contribution is 0.354. The molecule has 0 aromatic heterocycles. The zero-order valence-corrected chi connectivity index (χ0v) is 6.91. The molecule has 1 aromatic carbocycles. The summed E-state index contributed by atoms with van der Waals surface area (Å²) >= 11 is 3.20. The Bertz CT molecular complexity index is 185. The molecule has 1 aromatic rings. The van der Waals surface area contributed by atoms with Crippen LogP contribution in [0.15, 0.2) is 29.2 Å². The maximum atomic E-state index is 10.5. The van der Waals surface area contributed by atoms with Gasteiger partial charge in [0.15, 0.2) is 5.75 Å². The molecule has 0 spiro atoms. The Morgan fingerprint density at radius 1 is 1.22 bits per heavy atom. The number of hydrogen-bond donors (Lipinski definition) is 0. The monoisotopic (exact) mass is 203 g/mol. The molecule has 1 rings (SSSR count). The fraction of sp³-hybridized carbons (Fsp3) is 0. The standard InChI is InChI=1S/C6H4BrOS/c7-9-6-3-1-5(8)2-4-6/h1-4H. The fourth-order valence-corrected chi connectivity index (χ4v) is 1.38. The van der Waals surface area contributed by atoms with E-state index in [1.165, 1.54) is 10.2 Å². The van der Waals surface area contributed by atoms with Crippen molar-refractivity contribution in [3.05, 3.63) is 24.3 Å². The quantitative estimate of drug-likeness (QED) is 0.687. The normalized spacial score (nSPS) is 9.44. The summed E-state index contributed by atoms with van der Waals surface area (Å²) in [6, 6.07) is 6.65. The lowest BCUT2D eigenvalue weighted by Crippen LogP contribution is -1.62. The van der Waals surface area contributed by atoms with Crippen LogP contribution in [0.5, 0.6) is 5.75 Å². The highest BCUT2D eigenvalue weighted by atomic mass is 79.9. The van der Waals surface area contributed by atoms with Gasteiger partial charge >= 0.3 is 0 Å². The van der Waals surface area contributed by atoms with Crippen LogP contribution in [0.2, 0.25) is 0 Å². The number of benzene rings is 1. The Balaban J connectivity index is 2.88. The third-order valence-electron chi connectivity index (χ3n) is 0.913. The zero-order valence-electron chi connectivity index (χ0n) is 4.50. The van der Waals surface area contributed by atoms with Gasteiger partial charge in [-0.15, -0.1) is 0 Å². The van der Waals surface area contributed by atoms with Gasteiger partial charge in [0, 0.05) is 4.90 Å². The van der Waals surface area contributed by atoms with Gasteiger partial charge in [-0.2, -0.15) is 0 Å². The smallest absolute Gasteiger partial charge is 0.178 e. The second-order valence-electron chi connectivity index (χ2n) is 1.55. The van der Waals surface area contributed by atoms with Crippen molar-refractivity contribution in [3.63, 3.8) is 0 Å². The van der Waals surface area contributed by atoms with Crippen molar-refractivity contribution in [3.8, 4) is 5.75 Å². The summed E-state index contributed by atoms with van der Waals surface area (Å²) in [7, 11) is 1.45. The van der Waals surface area contributed by atoms with Crippen molar-refractivity contribution in [2.45, 2.75) is 4.90 Å². The average Bonchev–Trinajstić information content (AvgIpc) is 1.90. The van der Waals surface area contributed by atoms with Gasteiger partial charge in [-0.25, -0.2) is 0 Å². The van der Waals surface area contributed by atoms with Gasteiger partial charge < -0.3 is 0 Å². The third kappa shape index (κ3) is 1.91. The summed E-state index contributed by atoms with van der Waals surface area (Å²) < 4.78 is 0. The molecule has 1 radical (unpaired) electrons. The lowest BCUT2D eigenvalue weighted by Gasteiger charge is -1.89. The zero-order chi connectivity index (χ0) is 6.69. The van der Waals surface area contributed by atoms with Crippen molar-refractivity contribution >= 4 is 25.0 Å². The lowest BCUT2D eigenvalue weighted by atomic mass is 10.3. The molecule has 0 aliphatic carbocycles. The molecule has 0 heterocycles. The van der Waals surface area contributed by atoms with Gasteiger partial charge in [0.2, 0.25) is 0 Å². The highest BCUT2D eigenvalue weighted by Crippen LogP contribution is 2.25. The SMILES string of the molecule is [O]c1ccc(SBr)cc1. The minimum absolute atomic E-state index is 0.0558. The van der Waals surface area contributed by atoms with E-state index in [0.717, 1.165) is 4.90 Å². The summed E-state index contributed by atoms with van der Waals surface area (Å²) in [6.45, 7) is 0. The maximum absolute atomic E-state index is 10.5. The Morgan fingerprint density at radius 3 is 2.22 bits per heavy atom. The molecule has 0 atom stereocenters. The number of hydrogen-bond acceptors (Lipinski definition) is 1. The van der Waals surface area contributed by atoms with Crippen LogP contribution in [0.1, 0.15) is 0 Å². The molecular formula is C6H4BrOS. The highest BCUT2D eigenvalue weighted by molar-refractivity contribution is 9.50. The Labute approximate surface area is 65.3 Å². The predicted molar refractivity (Wildman–Crippen MR) is 41.4 cm³/mol. The van der Waals surface area contributed by atoms with E-state index in [2.05, 4.69) is 14.8 Å². The van der Waals surface area contributed by atoms with Crippen LogP contribution in [0.3, 0.4) is 0 Å². The van der Waals surface area contributed by atoms with Gasteiger partial charge in [-0.3, -0.25) is 5.11 Å². The van der Waals surface area contributed by atoms with Gasteiger partial charge in [0.1, 0.15) is 0 Å². The molecule has 0 fully saturated rings. The van der Waals surface area contributed by atoms with Gasteiger partial charge in [-0.1, -0.05) is 0 Å². The Morgan fingerprint density at radius 2 is 1.78 bits per heavy atom. The van der Waals surface area contributed by atoms with Crippen LogP contribution in [-0.4, -0.2) is 0 Å². The van der Waals surface area contributed by atoms with E-state index in [-0.39, 0.29) is 5.75 Å². The molecule has 0 amide bonds. The average molecular weight is 204 g/mol. The van der Waals surface area contributed by atoms with Crippen molar-refractivity contribution in [1.82, 2.24) is 0 Å². The molecule has 1 nitrogen and oxygen atoms in total. The van der Waals surface area contributed by atoms with E-state index in [1.807, 2.05) is 0 Å².